The molecule has 2 N–H and O–H groups in total. The van der Waals surface area contributed by atoms with Crippen LogP contribution in [0.15, 0.2) is 29.4 Å². The van der Waals surface area contributed by atoms with Crippen LogP contribution in [0.3, 0.4) is 0 Å². The van der Waals surface area contributed by atoms with E-state index in [-0.39, 0.29) is 30.1 Å². The van der Waals surface area contributed by atoms with Gasteiger partial charge in [0.1, 0.15) is 12.4 Å². The number of piperidine rings is 1. The van der Waals surface area contributed by atoms with Gasteiger partial charge in [-0.2, -0.15) is 0 Å². The number of para-hydroxylation sites is 1. The SMILES string of the molecule is NC(=O)[C@@H]1CCCN(C(=O)CSc2nnc(COc3ccccc3Cl)n2C2CC2)C1. The first-order valence-electron chi connectivity index (χ1n) is 10.0. The lowest BCUT2D eigenvalue weighted by atomic mass is 9.97. The number of hydrogen-bond donors (Lipinski definition) is 1. The molecule has 4 rings (SSSR count). The highest BCUT2D eigenvalue weighted by Gasteiger charge is 2.31. The fourth-order valence-electron chi connectivity index (χ4n) is 3.56. The lowest BCUT2D eigenvalue weighted by Gasteiger charge is -2.31. The van der Waals surface area contributed by atoms with Crippen LogP contribution in [-0.2, 0) is 16.2 Å². The molecule has 2 heterocycles. The average molecular weight is 450 g/mol. The van der Waals surface area contributed by atoms with Gasteiger partial charge in [-0.05, 0) is 37.8 Å². The molecule has 1 aromatic heterocycles. The Morgan fingerprint density at radius 3 is 2.77 bits per heavy atom. The zero-order valence-electron chi connectivity index (χ0n) is 16.5. The largest absolute Gasteiger partial charge is 0.484 e. The molecule has 0 spiro atoms. The topological polar surface area (TPSA) is 103 Å². The van der Waals surface area contributed by atoms with E-state index in [0.717, 1.165) is 31.5 Å². The van der Waals surface area contributed by atoms with Crippen molar-refractivity contribution in [3.05, 3.63) is 35.1 Å². The average Bonchev–Trinajstić information content (AvgIpc) is 3.51. The molecule has 2 aliphatic rings. The van der Waals surface area contributed by atoms with Crippen molar-refractivity contribution in [3.63, 3.8) is 0 Å². The minimum atomic E-state index is -0.336. The van der Waals surface area contributed by atoms with Gasteiger partial charge in [0.15, 0.2) is 11.0 Å². The smallest absolute Gasteiger partial charge is 0.233 e. The van der Waals surface area contributed by atoms with Gasteiger partial charge in [0, 0.05) is 19.1 Å². The molecule has 1 aliphatic heterocycles. The predicted octanol–water partition coefficient (Wildman–Crippen LogP) is 2.66. The molecule has 1 aliphatic carbocycles. The zero-order chi connectivity index (χ0) is 21.1. The summed E-state index contributed by atoms with van der Waals surface area (Å²) in [5.41, 5.74) is 5.41. The van der Waals surface area contributed by atoms with Crippen LogP contribution >= 0.6 is 23.4 Å². The number of ether oxygens (including phenoxy) is 1. The number of nitrogens with zero attached hydrogens (tertiary/aromatic N) is 4. The van der Waals surface area contributed by atoms with Crippen molar-refractivity contribution in [3.8, 4) is 5.75 Å². The van der Waals surface area contributed by atoms with Crippen LogP contribution in [0, 0.1) is 5.92 Å². The molecular formula is C20H24ClN5O3S. The summed E-state index contributed by atoms with van der Waals surface area (Å²) in [6, 6.07) is 7.65. The summed E-state index contributed by atoms with van der Waals surface area (Å²) >= 11 is 7.53. The molecule has 2 aromatic rings. The maximum Gasteiger partial charge on any atom is 0.233 e. The number of aromatic nitrogens is 3. The first-order chi connectivity index (χ1) is 14.5. The van der Waals surface area contributed by atoms with Crippen LogP contribution in [0.25, 0.3) is 0 Å². The van der Waals surface area contributed by atoms with Crippen molar-refractivity contribution in [2.75, 3.05) is 18.8 Å². The third-order valence-electron chi connectivity index (χ3n) is 5.34. The standard InChI is InChI=1S/C20H24ClN5O3S/c21-15-5-1-2-6-16(15)29-11-17-23-24-20(26(17)14-7-8-14)30-12-18(27)25-9-3-4-13(10-25)19(22)28/h1-2,5-6,13-14H,3-4,7-12H2,(H2,22,28)/t13-/m1/s1. The Kier molecular flexibility index (Phi) is 6.48. The van der Waals surface area contributed by atoms with E-state index in [1.807, 2.05) is 18.2 Å². The van der Waals surface area contributed by atoms with Gasteiger partial charge in [-0.25, -0.2) is 0 Å². The van der Waals surface area contributed by atoms with Crippen LogP contribution in [0.1, 0.15) is 37.5 Å². The van der Waals surface area contributed by atoms with Crippen molar-refractivity contribution >= 4 is 35.2 Å². The van der Waals surface area contributed by atoms with Gasteiger partial charge < -0.3 is 15.4 Å². The van der Waals surface area contributed by atoms with Gasteiger partial charge in [0.25, 0.3) is 0 Å². The molecule has 8 nitrogen and oxygen atoms in total. The van der Waals surface area contributed by atoms with Gasteiger partial charge >= 0.3 is 0 Å². The molecule has 1 atom stereocenters. The van der Waals surface area contributed by atoms with Crippen molar-refractivity contribution in [2.24, 2.45) is 11.7 Å². The van der Waals surface area contributed by atoms with Gasteiger partial charge in [0.05, 0.1) is 16.7 Å². The number of halogens is 1. The Balaban J connectivity index is 1.38. The van der Waals surface area contributed by atoms with Crippen molar-refractivity contribution in [1.29, 1.82) is 0 Å². The Morgan fingerprint density at radius 2 is 2.03 bits per heavy atom. The molecule has 1 saturated heterocycles. The zero-order valence-corrected chi connectivity index (χ0v) is 18.1. The number of benzene rings is 1. The summed E-state index contributed by atoms with van der Waals surface area (Å²) in [5, 5.41) is 9.84. The van der Waals surface area contributed by atoms with Gasteiger partial charge in [-0.1, -0.05) is 35.5 Å². The van der Waals surface area contributed by atoms with Crippen molar-refractivity contribution in [2.45, 2.75) is 43.5 Å². The third kappa shape index (κ3) is 4.89. The molecule has 2 fully saturated rings. The summed E-state index contributed by atoms with van der Waals surface area (Å²) in [6.45, 7) is 1.32. The van der Waals surface area contributed by atoms with E-state index < -0.39 is 0 Å². The maximum atomic E-state index is 12.6. The van der Waals surface area contributed by atoms with Crippen molar-refractivity contribution in [1.82, 2.24) is 19.7 Å². The monoisotopic (exact) mass is 449 g/mol. The lowest BCUT2D eigenvalue weighted by molar-refractivity contribution is -0.132. The van der Waals surface area contributed by atoms with E-state index in [4.69, 9.17) is 22.1 Å². The normalized spacial score (nSPS) is 19.0. The molecule has 1 aromatic carbocycles. The second kappa shape index (κ2) is 9.26. The summed E-state index contributed by atoms with van der Waals surface area (Å²) in [7, 11) is 0. The summed E-state index contributed by atoms with van der Waals surface area (Å²) in [5.74, 6) is 0.974. The second-order valence-electron chi connectivity index (χ2n) is 7.59. The number of carbonyl (C=O) groups is 2. The molecule has 0 unspecified atom stereocenters. The highest BCUT2D eigenvalue weighted by Crippen LogP contribution is 2.39. The minimum absolute atomic E-state index is 0.00911. The number of thioether (sulfide) groups is 1. The Labute approximate surface area is 184 Å². The van der Waals surface area contributed by atoms with E-state index in [1.54, 1.807) is 11.0 Å². The molecular weight excluding hydrogens is 426 g/mol. The van der Waals surface area contributed by atoms with Crippen LogP contribution in [0.4, 0.5) is 0 Å². The van der Waals surface area contributed by atoms with Gasteiger partial charge in [-0.3, -0.25) is 14.2 Å². The van der Waals surface area contributed by atoms with E-state index in [9.17, 15) is 9.59 Å². The molecule has 0 radical (unpaired) electrons. The van der Waals surface area contributed by atoms with E-state index in [2.05, 4.69) is 14.8 Å². The molecule has 160 valence electrons. The van der Waals surface area contributed by atoms with Crippen LogP contribution in [0.2, 0.25) is 5.02 Å². The van der Waals surface area contributed by atoms with Crippen LogP contribution in [0.5, 0.6) is 5.75 Å². The fraction of sp³-hybridized carbons (Fsp3) is 0.500. The molecule has 10 heteroatoms. The second-order valence-corrected chi connectivity index (χ2v) is 8.94. The number of rotatable bonds is 8. The predicted molar refractivity (Wildman–Crippen MR) is 113 cm³/mol. The number of primary amides is 1. The maximum absolute atomic E-state index is 12.6. The molecule has 1 saturated carbocycles. The Bertz CT molecular complexity index is 933. The third-order valence-corrected chi connectivity index (χ3v) is 6.58. The summed E-state index contributed by atoms with van der Waals surface area (Å²) < 4.78 is 7.89. The molecule has 30 heavy (non-hydrogen) atoms. The van der Waals surface area contributed by atoms with Gasteiger partial charge in [0.2, 0.25) is 11.8 Å². The van der Waals surface area contributed by atoms with E-state index in [0.29, 0.717) is 35.1 Å². The van der Waals surface area contributed by atoms with Crippen LogP contribution < -0.4 is 10.5 Å². The van der Waals surface area contributed by atoms with Gasteiger partial charge in [-0.15, -0.1) is 10.2 Å². The number of amides is 2. The lowest BCUT2D eigenvalue weighted by Crippen LogP contribution is -2.44. The highest BCUT2D eigenvalue weighted by molar-refractivity contribution is 7.99. The first kappa shape index (κ1) is 21.0. The molecule has 0 bridgehead atoms. The minimum Gasteiger partial charge on any atom is -0.484 e. The Hall–Kier alpha value is -2.26. The fourth-order valence-corrected chi connectivity index (χ4v) is 4.68. The number of nitrogens with two attached hydrogens (primary N) is 1. The Morgan fingerprint density at radius 1 is 1.23 bits per heavy atom. The van der Waals surface area contributed by atoms with E-state index in [1.165, 1.54) is 11.8 Å². The quantitative estimate of drug-likeness (QED) is 0.621. The summed E-state index contributed by atoms with van der Waals surface area (Å²) in [4.78, 5) is 25.8. The van der Waals surface area contributed by atoms with E-state index >= 15 is 0 Å². The van der Waals surface area contributed by atoms with Crippen LogP contribution in [-0.4, -0.2) is 50.3 Å². The number of hydrogen-bond acceptors (Lipinski definition) is 6. The van der Waals surface area contributed by atoms with Crippen molar-refractivity contribution < 1.29 is 14.3 Å². The number of likely N-dealkylation sites (tertiary alicyclic amines) is 1. The number of carbonyl (C=O) groups excluding carboxylic acids is 2. The highest BCUT2D eigenvalue weighted by atomic mass is 35.5. The summed E-state index contributed by atoms with van der Waals surface area (Å²) in [6.07, 6.45) is 3.67. The first-order valence-corrected chi connectivity index (χ1v) is 11.4. The molecule has 2 amide bonds.